The highest BCUT2D eigenvalue weighted by Crippen LogP contribution is 2.19. The maximum atomic E-state index is 12.4. The standard InChI is InChI=1S/C23H24N6O2/c1-4-28-15-19(12-26-28)29-9-8-22(30)21(27-29)11-17-6-5-7-18(10-17)23-24-13-20(14-25-23)31-16(2)3/h5-10,12-16H,4,11H2,1-3H3. The number of rotatable bonds is 7. The smallest absolute Gasteiger partial charge is 0.203 e. The molecule has 3 heterocycles. The Hall–Kier alpha value is -3.81. The average molecular weight is 416 g/mol. The van der Waals surface area contributed by atoms with Crippen molar-refractivity contribution in [3.8, 4) is 22.8 Å². The van der Waals surface area contributed by atoms with Crippen LogP contribution in [0.4, 0.5) is 0 Å². The molecule has 0 atom stereocenters. The summed E-state index contributed by atoms with van der Waals surface area (Å²) in [4.78, 5) is 21.2. The van der Waals surface area contributed by atoms with Crippen molar-refractivity contribution in [1.82, 2.24) is 29.5 Å². The van der Waals surface area contributed by atoms with Crippen molar-refractivity contribution in [2.75, 3.05) is 0 Å². The minimum absolute atomic E-state index is 0.0662. The van der Waals surface area contributed by atoms with Crippen LogP contribution in [0, 0.1) is 0 Å². The van der Waals surface area contributed by atoms with Gasteiger partial charge < -0.3 is 4.74 Å². The van der Waals surface area contributed by atoms with Crippen LogP contribution in [-0.4, -0.2) is 35.6 Å². The Bertz CT molecular complexity index is 1230. The first-order valence-corrected chi connectivity index (χ1v) is 10.2. The first kappa shape index (κ1) is 20.5. The fraction of sp³-hybridized carbons (Fsp3) is 0.261. The third-order valence-electron chi connectivity index (χ3n) is 4.64. The quantitative estimate of drug-likeness (QED) is 0.459. The summed E-state index contributed by atoms with van der Waals surface area (Å²) in [5.41, 5.74) is 3.00. The Morgan fingerprint density at radius 2 is 1.90 bits per heavy atom. The van der Waals surface area contributed by atoms with Crippen LogP contribution >= 0.6 is 0 Å². The molecule has 0 aliphatic rings. The molecule has 0 aliphatic carbocycles. The van der Waals surface area contributed by atoms with E-state index < -0.39 is 0 Å². The molecule has 4 rings (SSSR count). The van der Waals surface area contributed by atoms with Gasteiger partial charge in [0.15, 0.2) is 11.6 Å². The van der Waals surface area contributed by atoms with E-state index in [0.717, 1.165) is 23.4 Å². The molecule has 31 heavy (non-hydrogen) atoms. The summed E-state index contributed by atoms with van der Waals surface area (Å²) in [5, 5.41) is 8.80. The van der Waals surface area contributed by atoms with Crippen molar-refractivity contribution in [2.45, 2.75) is 39.8 Å². The zero-order valence-electron chi connectivity index (χ0n) is 17.8. The number of aryl methyl sites for hydroxylation is 1. The maximum absolute atomic E-state index is 12.4. The molecular weight excluding hydrogens is 392 g/mol. The topological polar surface area (TPSA) is 87.7 Å². The van der Waals surface area contributed by atoms with Crippen LogP contribution in [0.1, 0.15) is 32.0 Å². The monoisotopic (exact) mass is 416 g/mol. The summed E-state index contributed by atoms with van der Waals surface area (Å²) in [5.74, 6) is 1.23. The van der Waals surface area contributed by atoms with E-state index in [4.69, 9.17) is 4.74 Å². The molecule has 0 amide bonds. The van der Waals surface area contributed by atoms with Crippen LogP contribution < -0.4 is 10.2 Å². The zero-order chi connectivity index (χ0) is 21.8. The molecule has 1 aromatic carbocycles. The van der Waals surface area contributed by atoms with E-state index in [1.807, 2.05) is 55.9 Å². The molecule has 0 aliphatic heterocycles. The van der Waals surface area contributed by atoms with Gasteiger partial charge in [0.25, 0.3) is 0 Å². The molecular formula is C23H24N6O2. The Morgan fingerprint density at radius 1 is 1.10 bits per heavy atom. The van der Waals surface area contributed by atoms with Crippen molar-refractivity contribution >= 4 is 0 Å². The molecule has 0 radical (unpaired) electrons. The fourth-order valence-electron chi connectivity index (χ4n) is 3.17. The van der Waals surface area contributed by atoms with Gasteiger partial charge in [-0.3, -0.25) is 9.48 Å². The molecule has 0 fully saturated rings. The van der Waals surface area contributed by atoms with Crippen LogP contribution in [0.3, 0.4) is 0 Å². The maximum Gasteiger partial charge on any atom is 0.203 e. The van der Waals surface area contributed by atoms with Crippen molar-refractivity contribution in [3.63, 3.8) is 0 Å². The number of hydrogen-bond donors (Lipinski definition) is 0. The summed E-state index contributed by atoms with van der Waals surface area (Å²) in [7, 11) is 0. The normalized spacial score (nSPS) is 11.1. The zero-order valence-corrected chi connectivity index (χ0v) is 17.8. The minimum Gasteiger partial charge on any atom is -0.488 e. The van der Waals surface area contributed by atoms with Gasteiger partial charge in [0.2, 0.25) is 5.43 Å². The first-order valence-electron chi connectivity index (χ1n) is 10.2. The van der Waals surface area contributed by atoms with Crippen molar-refractivity contribution in [1.29, 1.82) is 0 Å². The molecule has 8 heteroatoms. The van der Waals surface area contributed by atoms with Gasteiger partial charge in [0.05, 0.1) is 30.9 Å². The summed E-state index contributed by atoms with van der Waals surface area (Å²) in [6.45, 7) is 6.70. The lowest BCUT2D eigenvalue weighted by Gasteiger charge is -2.09. The largest absolute Gasteiger partial charge is 0.488 e. The molecule has 0 saturated heterocycles. The molecule has 3 aromatic heterocycles. The van der Waals surface area contributed by atoms with Gasteiger partial charge in [-0.05, 0) is 32.4 Å². The van der Waals surface area contributed by atoms with Gasteiger partial charge in [-0.2, -0.15) is 10.2 Å². The third kappa shape index (κ3) is 4.85. The lowest BCUT2D eigenvalue weighted by atomic mass is 10.1. The van der Waals surface area contributed by atoms with Crippen LogP contribution in [0.25, 0.3) is 17.1 Å². The molecule has 0 unspecified atom stereocenters. The molecule has 0 saturated carbocycles. The molecule has 4 aromatic rings. The number of aromatic nitrogens is 6. The highest BCUT2D eigenvalue weighted by Gasteiger charge is 2.09. The van der Waals surface area contributed by atoms with Gasteiger partial charge in [0, 0.05) is 30.8 Å². The second-order valence-corrected chi connectivity index (χ2v) is 7.41. The SMILES string of the molecule is CCn1cc(-n2ccc(=O)c(Cc3cccc(-c4ncc(OC(C)C)cn4)c3)n2)cn1. The number of hydrogen-bond acceptors (Lipinski definition) is 6. The van der Waals surface area contributed by atoms with Crippen LogP contribution in [0.5, 0.6) is 5.75 Å². The third-order valence-corrected chi connectivity index (χ3v) is 4.64. The summed E-state index contributed by atoms with van der Waals surface area (Å²) in [6, 6.07) is 9.35. The second kappa shape index (κ2) is 8.91. The molecule has 0 N–H and O–H groups in total. The Labute approximate surface area is 180 Å². The van der Waals surface area contributed by atoms with Gasteiger partial charge in [-0.15, -0.1) is 0 Å². The van der Waals surface area contributed by atoms with Crippen LogP contribution in [0.15, 0.2) is 66.1 Å². The lowest BCUT2D eigenvalue weighted by molar-refractivity contribution is 0.240. The van der Waals surface area contributed by atoms with Gasteiger partial charge in [0.1, 0.15) is 11.4 Å². The van der Waals surface area contributed by atoms with Crippen molar-refractivity contribution in [3.05, 3.63) is 82.8 Å². The van der Waals surface area contributed by atoms with Gasteiger partial charge in [-0.1, -0.05) is 18.2 Å². The minimum atomic E-state index is -0.101. The van der Waals surface area contributed by atoms with E-state index in [-0.39, 0.29) is 11.5 Å². The second-order valence-electron chi connectivity index (χ2n) is 7.41. The van der Waals surface area contributed by atoms with Gasteiger partial charge >= 0.3 is 0 Å². The first-order chi connectivity index (χ1) is 15.0. The summed E-state index contributed by atoms with van der Waals surface area (Å²) >= 11 is 0. The lowest BCUT2D eigenvalue weighted by Crippen LogP contribution is -2.16. The van der Waals surface area contributed by atoms with E-state index in [2.05, 4.69) is 20.2 Å². The Morgan fingerprint density at radius 3 is 2.61 bits per heavy atom. The van der Waals surface area contributed by atoms with E-state index in [1.165, 1.54) is 6.07 Å². The Balaban J connectivity index is 1.57. The van der Waals surface area contributed by atoms with Crippen LogP contribution in [-0.2, 0) is 13.0 Å². The fourth-order valence-corrected chi connectivity index (χ4v) is 3.17. The molecule has 158 valence electrons. The van der Waals surface area contributed by atoms with E-state index in [9.17, 15) is 4.79 Å². The highest BCUT2D eigenvalue weighted by molar-refractivity contribution is 5.56. The predicted octanol–water partition coefficient (Wildman–Crippen LogP) is 3.28. The summed E-state index contributed by atoms with van der Waals surface area (Å²) in [6.07, 6.45) is 9.10. The van der Waals surface area contributed by atoms with Crippen LogP contribution in [0.2, 0.25) is 0 Å². The van der Waals surface area contributed by atoms with E-state index in [1.54, 1.807) is 29.5 Å². The number of benzene rings is 1. The van der Waals surface area contributed by atoms with Crippen molar-refractivity contribution < 1.29 is 4.74 Å². The predicted molar refractivity (Wildman–Crippen MR) is 117 cm³/mol. The Kier molecular flexibility index (Phi) is 5.88. The highest BCUT2D eigenvalue weighted by atomic mass is 16.5. The molecule has 0 bridgehead atoms. The molecule has 8 nitrogen and oxygen atoms in total. The van der Waals surface area contributed by atoms with Gasteiger partial charge in [-0.25, -0.2) is 14.6 Å². The average Bonchev–Trinajstić information content (AvgIpc) is 3.25. The number of ether oxygens (including phenoxy) is 1. The molecule has 0 spiro atoms. The number of nitrogens with zero attached hydrogens (tertiary/aromatic N) is 6. The van der Waals surface area contributed by atoms with Crippen molar-refractivity contribution in [2.24, 2.45) is 0 Å². The van der Waals surface area contributed by atoms with E-state index >= 15 is 0 Å². The summed E-state index contributed by atoms with van der Waals surface area (Å²) < 4.78 is 9.09. The van der Waals surface area contributed by atoms with E-state index in [0.29, 0.717) is 23.7 Å².